The third-order valence-corrected chi connectivity index (χ3v) is 3.33. The largest absolute Gasteiger partial charge is 0.454 e. The van der Waals surface area contributed by atoms with E-state index in [1.807, 2.05) is 0 Å². The maximum atomic E-state index is 13.9. The van der Waals surface area contributed by atoms with Crippen LogP contribution in [0.25, 0.3) is 0 Å². The first kappa shape index (κ1) is 13.9. The van der Waals surface area contributed by atoms with Crippen molar-refractivity contribution in [2.24, 2.45) is 0 Å². The molecule has 5 heteroatoms. The highest BCUT2D eigenvalue weighted by Gasteiger charge is 2.22. The van der Waals surface area contributed by atoms with Gasteiger partial charge >= 0.3 is 0 Å². The van der Waals surface area contributed by atoms with Crippen LogP contribution in [0.4, 0.5) is 13.2 Å². The molecule has 1 N–H and O–H groups in total. The molecule has 1 aliphatic rings. The Balaban J connectivity index is 1.84. The molecule has 1 fully saturated rings. The molecule has 0 radical (unpaired) electrons. The van der Waals surface area contributed by atoms with Crippen molar-refractivity contribution in [2.75, 3.05) is 0 Å². The fourth-order valence-corrected chi connectivity index (χ4v) is 2.02. The summed E-state index contributed by atoms with van der Waals surface area (Å²) in [5.74, 6) is -1.82. The van der Waals surface area contributed by atoms with Gasteiger partial charge in [0.15, 0.2) is 11.6 Å². The van der Waals surface area contributed by atoms with E-state index in [1.54, 1.807) is 6.07 Å². The van der Waals surface area contributed by atoms with Crippen LogP contribution in [0.2, 0.25) is 0 Å². The van der Waals surface area contributed by atoms with Gasteiger partial charge in [0.1, 0.15) is 17.4 Å². The molecule has 110 valence electrons. The number of halogens is 3. The van der Waals surface area contributed by atoms with Crippen LogP contribution in [-0.4, -0.2) is 6.04 Å². The molecule has 2 aromatic rings. The highest BCUT2D eigenvalue weighted by atomic mass is 19.1. The molecule has 21 heavy (non-hydrogen) atoms. The van der Waals surface area contributed by atoms with E-state index in [0.717, 1.165) is 25.0 Å². The maximum Gasteiger partial charge on any atom is 0.168 e. The van der Waals surface area contributed by atoms with E-state index in [-0.39, 0.29) is 11.5 Å². The lowest BCUT2D eigenvalue weighted by Crippen LogP contribution is -2.16. The van der Waals surface area contributed by atoms with Gasteiger partial charge in [-0.2, -0.15) is 0 Å². The van der Waals surface area contributed by atoms with Crippen LogP contribution in [-0.2, 0) is 6.54 Å². The van der Waals surface area contributed by atoms with E-state index in [0.29, 0.717) is 18.2 Å². The number of hydrogen-bond acceptors (Lipinski definition) is 2. The lowest BCUT2D eigenvalue weighted by molar-refractivity contribution is 0.425. The van der Waals surface area contributed by atoms with Gasteiger partial charge in [-0.05, 0) is 37.1 Å². The summed E-state index contributed by atoms with van der Waals surface area (Å²) in [4.78, 5) is 0. The smallest absolute Gasteiger partial charge is 0.168 e. The highest BCUT2D eigenvalue weighted by molar-refractivity contribution is 5.39. The molecular weight excluding hydrogens is 279 g/mol. The molecule has 0 amide bonds. The van der Waals surface area contributed by atoms with Gasteiger partial charge in [0.05, 0.1) is 0 Å². The van der Waals surface area contributed by atoms with E-state index >= 15 is 0 Å². The van der Waals surface area contributed by atoms with Crippen LogP contribution < -0.4 is 10.1 Å². The Hall–Kier alpha value is -2.01. The third kappa shape index (κ3) is 3.36. The summed E-state index contributed by atoms with van der Waals surface area (Å²) in [5, 5.41) is 3.19. The van der Waals surface area contributed by atoms with Gasteiger partial charge in [0.2, 0.25) is 0 Å². The van der Waals surface area contributed by atoms with Crippen molar-refractivity contribution in [3.63, 3.8) is 0 Å². The Kier molecular flexibility index (Phi) is 3.84. The second-order valence-corrected chi connectivity index (χ2v) is 5.05. The summed E-state index contributed by atoms with van der Waals surface area (Å²) >= 11 is 0. The van der Waals surface area contributed by atoms with Crippen LogP contribution in [0.5, 0.6) is 11.5 Å². The van der Waals surface area contributed by atoms with Crippen molar-refractivity contribution in [2.45, 2.75) is 25.4 Å². The zero-order valence-electron chi connectivity index (χ0n) is 11.2. The van der Waals surface area contributed by atoms with Crippen LogP contribution >= 0.6 is 0 Å². The number of ether oxygens (including phenoxy) is 1. The molecule has 0 aromatic heterocycles. The molecule has 0 heterocycles. The Morgan fingerprint density at radius 2 is 1.81 bits per heavy atom. The summed E-state index contributed by atoms with van der Waals surface area (Å²) in [5.41, 5.74) is 0.341. The fourth-order valence-electron chi connectivity index (χ4n) is 2.02. The lowest BCUT2D eigenvalue weighted by Gasteiger charge is -2.13. The quantitative estimate of drug-likeness (QED) is 0.894. The fraction of sp³-hybridized carbons (Fsp3) is 0.250. The average Bonchev–Trinajstić information content (AvgIpc) is 3.25. The summed E-state index contributed by atoms with van der Waals surface area (Å²) in [6, 6.07) is 7.82. The van der Waals surface area contributed by atoms with Gasteiger partial charge in [-0.25, -0.2) is 13.2 Å². The Morgan fingerprint density at radius 3 is 2.52 bits per heavy atom. The zero-order valence-corrected chi connectivity index (χ0v) is 11.2. The molecule has 0 atom stereocenters. The van der Waals surface area contributed by atoms with Gasteiger partial charge in [-0.1, -0.05) is 6.07 Å². The normalized spacial score (nSPS) is 14.2. The van der Waals surface area contributed by atoms with E-state index in [2.05, 4.69) is 5.32 Å². The van der Waals surface area contributed by atoms with E-state index < -0.39 is 17.5 Å². The predicted molar refractivity (Wildman–Crippen MR) is 72.7 cm³/mol. The first-order valence-corrected chi connectivity index (χ1v) is 6.77. The minimum atomic E-state index is -0.819. The van der Waals surface area contributed by atoms with Gasteiger partial charge in [-0.15, -0.1) is 0 Å². The second-order valence-electron chi connectivity index (χ2n) is 5.05. The average molecular weight is 293 g/mol. The van der Waals surface area contributed by atoms with Gasteiger partial charge in [0, 0.05) is 24.2 Å². The van der Waals surface area contributed by atoms with Crippen LogP contribution in [0, 0.1) is 17.5 Å². The highest BCUT2D eigenvalue weighted by Crippen LogP contribution is 2.30. The van der Waals surface area contributed by atoms with Crippen LogP contribution in [0.1, 0.15) is 18.4 Å². The van der Waals surface area contributed by atoms with Crippen molar-refractivity contribution in [1.82, 2.24) is 5.32 Å². The molecular formula is C16H14F3NO. The van der Waals surface area contributed by atoms with Crippen LogP contribution in [0.3, 0.4) is 0 Å². The monoisotopic (exact) mass is 293 g/mol. The van der Waals surface area contributed by atoms with Crippen molar-refractivity contribution in [3.05, 3.63) is 59.4 Å². The number of rotatable bonds is 5. The first-order chi connectivity index (χ1) is 10.1. The van der Waals surface area contributed by atoms with E-state index in [9.17, 15) is 13.2 Å². The molecule has 0 saturated heterocycles. The molecule has 1 saturated carbocycles. The predicted octanol–water partition coefficient (Wildman–Crippen LogP) is 4.15. The first-order valence-electron chi connectivity index (χ1n) is 6.77. The van der Waals surface area contributed by atoms with Crippen molar-refractivity contribution < 1.29 is 17.9 Å². The molecule has 0 bridgehead atoms. The van der Waals surface area contributed by atoms with Crippen molar-refractivity contribution in [1.29, 1.82) is 0 Å². The molecule has 2 nitrogen and oxygen atoms in total. The zero-order chi connectivity index (χ0) is 14.8. The van der Waals surface area contributed by atoms with Gasteiger partial charge in [-0.3, -0.25) is 0 Å². The number of hydrogen-bond donors (Lipinski definition) is 1. The van der Waals surface area contributed by atoms with Gasteiger partial charge in [0.25, 0.3) is 0 Å². The number of benzene rings is 2. The maximum absolute atomic E-state index is 13.9. The molecule has 2 aromatic carbocycles. The molecule has 0 aliphatic heterocycles. The van der Waals surface area contributed by atoms with Crippen molar-refractivity contribution in [3.8, 4) is 11.5 Å². The van der Waals surface area contributed by atoms with Crippen LogP contribution in [0.15, 0.2) is 36.4 Å². The SMILES string of the molecule is Fc1ccc(Oc2cccc(F)c2CNC2CC2)c(F)c1. The molecule has 0 unspecified atom stereocenters. The third-order valence-electron chi connectivity index (χ3n) is 3.33. The Morgan fingerprint density at radius 1 is 1.00 bits per heavy atom. The molecule has 0 spiro atoms. The van der Waals surface area contributed by atoms with Crippen molar-refractivity contribution >= 4 is 0 Å². The summed E-state index contributed by atoms with van der Waals surface area (Å²) in [6.45, 7) is 0.315. The Labute approximate surface area is 120 Å². The van der Waals surface area contributed by atoms with E-state index in [4.69, 9.17) is 4.74 Å². The topological polar surface area (TPSA) is 21.3 Å². The lowest BCUT2D eigenvalue weighted by atomic mass is 10.2. The molecule has 3 rings (SSSR count). The minimum Gasteiger partial charge on any atom is -0.454 e. The molecule has 1 aliphatic carbocycles. The van der Waals surface area contributed by atoms with E-state index in [1.165, 1.54) is 18.2 Å². The second kappa shape index (κ2) is 5.77. The summed E-state index contributed by atoms with van der Waals surface area (Å²) < 4.78 is 45.8. The van der Waals surface area contributed by atoms with Gasteiger partial charge < -0.3 is 10.1 Å². The summed E-state index contributed by atoms with van der Waals surface area (Å²) in [6.07, 6.45) is 2.16. The Bertz CT molecular complexity index is 656. The summed E-state index contributed by atoms with van der Waals surface area (Å²) in [7, 11) is 0. The number of nitrogens with one attached hydrogen (secondary N) is 1. The minimum absolute atomic E-state index is 0.130. The standard InChI is InChI=1S/C16H14F3NO/c17-10-4-7-16(14(19)8-10)21-15-3-1-2-13(18)12(15)9-20-11-5-6-11/h1-4,7-8,11,20H,5-6,9H2.